The molecule has 0 unspecified atom stereocenters. The normalized spacial score (nSPS) is 11.8. The minimum absolute atomic E-state index is 0.111. The number of ether oxygens (including phenoxy) is 8. The molecule has 4 aromatic rings. The Morgan fingerprint density at radius 2 is 0.355 bits per heavy atom. The summed E-state index contributed by atoms with van der Waals surface area (Å²) in [7, 11) is 0. The molecule has 0 radical (unpaired) electrons. The third-order valence-corrected chi connectivity index (χ3v) is 25.4. The summed E-state index contributed by atoms with van der Waals surface area (Å²) in [4.78, 5) is 58.8. The van der Waals surface area contributed by atoms with Crippen LogP contribution in [0.15, 0.2) is 60.7 Å². The molecule has 124 heavy (non-hydrogen) atoms. The topological polar surface area (TPSA) is 142 Å². The molecule has 12 heteroatoms. The molecule has 0 fully saturated rings. The van der Waals surface area contributed by atoms with Crippen molar-refractivity contribution in [1.29, 1.82) is 0 Å². The van der Waals surface area contributed by atoms with Crippen LogP contribution in [0, 0.1) is 0 Å². The second kappa shape index (κ2) is 75.9. The van der Waals surface area contributed by atoms with Gasteiger partial charge in [-0.1, -0.05) is 465 Å². The summed E-state index contributed by atoms with van der Waals surface area (Å²) in [6.45, 7) is 16.5. The molecular weight excluding hydrogens is 1540 g/mol. The monoisotopic (exact) mass is 1720 g/mol. The van der Waals surface area contributed by atoms with Crippen LogP contribution in [0.25, 0.3) is 0 Å². The number of hydrogen-bond donors (Lipinski definition) is 0. The Morgan fingerprint density at radius 1 is 0.194 bits per heavy atom. The zero-order valence-corrected chi connectivity index (χ0v) is 80.8. The fourth-order valence-electron chi connectivity index (χ4n) is 17.4. The summed E-state index contributed by atoms with van der Waals surface area (Å²) < 4.78 is 52.5. The number of unbranched alkanes of at least 4 members (excludes halogenated alkanes) is 66. The minimum atomic E-state index is -0.659. The number of carbonyl (C=O) groups is 4. The number of fused-ring (bicyclic) bond motifs is 2. The number of ketones is 2. The highest BCUT2D eigenvalue weighted by molar-refractivity contribution is 6.28. The summed E-state index contributed by atoms with van der Waals surface area (Å²) in [5.41, 5.74) is 0.986. The molecule has 0 aromatic heterocycles. The van der Waals surface area contributed by atoms with Crippen molar-refractivity contribution in [3.63, 3.8) is 0 Å². The van der Waals surface area contributed by atoms with Gasteiger partial charge in [-0.3, -0.25) is 9.59 Å². The number of benzene rings is 4. The molecule has 704 valence electrons. The number of carbonyl (C=O) groups excluding carboxylic acids is 4. The molecule has 12 nitrogen and oxygen atoms in total. The van der Waals surface area contributed by atoms with Crippen molar-refractivity contribution >= 4 is 23.5 Å². The van der Waals surface area contributed by atoms with Crippen molar-refractivity contribution in [2.75, 3.05) is 39.6 Å². The standard InChI is InChI=1S/C112H184O12/c1-7-13-19-25-31-37-43-49-55-61-67-73-83-117-103-89-95(90-104(118-84-74-68-62-56-50-44-38-32-26-20-14-8-2)109(103)121-87-77-71-65-59-53-47-41-35-29-23-17-11-5)111(115)123-97-79-81-99-101(93-97)107(113)100-82-80-98(94-102(100)108(99)114)124-112(116)96-91-105(119-85-75-69-63-57-51-45-39-33-27-21-15-9-3)110(122-88-78-72-66-60-54-48-42-36-30-24-18-12-6)106(92-96)120-86-76-70-64-58-52-46-40-34-28-22-16-10-4/h79-82,89-94H,7-78,83-88H2,1-6H3. The van der Waals surface area contributed by atoms with Gasteiger partial charge >= 0.3 is 11.9 Å². The van der Waals surface area contributed by atoms with E-state index >= 15 is 0 Å². The van der Waals surface area contributed by atoms with E-state index in [-0.39, 0.29) is 44.9 Å². The Bertz CT molecular complexity index is 2980. The van der Waals surface area contributed by atoms with Crippen LogP contribution in [0.2, 0.25) is 0 Å². The van der Waals surface area contributed by atoms with Crippen LogP contribution < -0.4 is 37.9 Å². The van der Waals surface area contributed by atoms with Gasteiger partial charge in [-0.15, -0.1) is 0 Å². The largest absolute Gasteiger partial charge is 0.490 e. The van der Waals surface area contributed by atoms with E-state index in [1.54, 1.807) is 36.4 Å². The second-order valence-corrected chi connectivity index (χ2v) is 36.9. The van der Waals surface area contributed by atoms with Crippen molar-refractivity contribution in [2.24, 2.45) is 0 Å². The molecule has 0 saturated carbocycles. The predicted molar refractivity (Wildman–Crippen MR) is 522 cm³/mol. The average Bonchev–Trinajstić information content (AvgIpc) is 0.756. The van der Waals surface area contributed by atoms with Crippen LogP contribution in [0.5, 0.6) is 46.0 Å². The molecule has 0 atom stereocenters. The highest BCUT2D eigenvalue weighted by Gasteiger charge is 2.32. The van der Waals surface area contributed by atoms with Crippen molar-refractivity contribution in [3.8, 4) is 46.0 Å². The summed E-state index contributed by atoms with van der Waals surface area (Å²) >= 11 is 0. The third kappa shape index (κ3) is 50.6. The van der Waals surface area contributed by atoms with Crippen LogP contribution in [-0.4, -0.2) is 63.1 Å². The SMILES string of the molecule is CCCCCCCCCCCCCCOc1cc(C(=O)Oc2ccc3c(c2)C(=O)c2ccc(OC(=O)c4cc(OCCCCCCCCCCCCCC)c(OCCCCCCCCCCCCCC)c(OCCCCCCCCCCCCCC)c4)cc2C3=O)cc(OCCCCCCCCCCCCCC)c1OCCCCCCCCCCCCCC. The maximum Gasteiger partial charge on any atom is 0.343 e. The first-order valence-electron chi connectivity index (χ1n) is 53.1. The smallest absolute Gasteiger partial charge is 0.343 e. The summed E-state index contributed by atoms with van der Waals surface area (Å²) in [5, 5.41) is 0. The van der Waals surface area contributed by atoms with E-state index in [0.29, 0.717) is 74.1 Å². The first kappa shape index (κ1) is 108. The van der Waals surface area contributed by atoms with E-state index in [4.69, 9.17) is 37.9 Å². The zero-order chi connectivity index (χ0) is 88.3. The molecule has 0 aliphatic heterocycles. The maximum atomic E-state index is 14.7. The van der Waals surface area contributed by atoms with Crippen molar-refractivity contribution in [2.45, 2.75) is 504 Å². The van der Waals surface area contributed by atoms with Crippen molar-refractivity contribution in [3.05, 3.63) is 94.0 Å². The van der Waals surface area contributed by atoms with Crippen LogP contribution in [0.4, 0.5) is 0 Å². The average molecular weight is 1720 g/mol. The second-order valence-electron chi connectivity index (χ2n) is 36.9. The van der Waals surface area contributed by atoms with E-state index in [0.717, 1.165) is 103 Å². The molecule has 0 N–H and O–H groups in total. The number of hydrogen-bond acceptors (Lipinski definition) is 12. The van der Waals surface area contributed by atoms with Crippen LogP contribution in [0.3, 0.4) is 0 Å². The van der Waals surface area contributed by atoms with Crippen molar-refractivity contribution in [1.82, 2.24) is 0 Å². The highest BCUT2D eigenvalue weighted by atomic mass is 16.6. The van der Waals surface area contributed by atoms with Gasteiger partial charge in [0.05, 0.1) is 50.8 Å². The molecule has 5 rings (SSSR count). The fraction of sp³-hybridized carbons (Fsp3) is 0.750. The van der Waals surface area contributed by atoms with Gasteiger partial charge < -0.3 is 37.9 Å². The van der Waals surface area contributed by atoms with E-state index in [2.05, 4.69) is 41.5 Å². The molecule has 4 aromatic carbocycles. The Kier molecular flexibility index (Phi) is 66.4. The van der Waals surface area contributed by atoms with Gasteiger partial charge in [-0.05, 0) is 99.2 Å². The lowest BCUT2D eigenvalue weighted by atomic mass is 9.84. The lowest BCUT2D eigenvalue weighted by molar-refractivity contribution is 0.0723. The third-order valence-electron chi connectivity index (χ3n) is 25.4. The zero-order valence-electron chi connectivity index (χ0n) is 80.8. The lowest BCUT2D eigenvalue weighted by Gasteiger charge is -2.20. The first-order chi connectivity index (χ1) is 61.2. The van der Waals surface area contributed by atoms with Gasteiger partial charge in [0.15, 0.2) is 34.6 Å². The summed E-state index contributed by atoms with van der Waals surface area (Å²) in [6, 6.07) is 16.0. The minimum Gasteiger partial charge on any atom is -0.490 e. The van der Waals surface area contributed by atoms with E-state index in [1.165, 1.54) is 384 Å². The van der Waals surface area contributed by atoms with Crippen LogP contribution in [0.1, 0.15) is 556 Å². The van der Waals surface area contributed by atoms with Gasteiger partial charge in [-0.25, -0.2) is 9.59 Å². The van der Waals surface area contributed by atoms with E-state index in [1.807, 2.05) is 0 Å². The highest BCUT2D eigenvalue weighted by Crippen LogP contribution is 2.43. The molecule has 0 amide bonds. The van der Waals surface area contributed by atoms with Gasteiger partial charge in [-0.2, -0.15) is 0 Å². The lowest BCUT2D eigenvalue weighted by Crippen LogP contribution is -2.21. The summed E-state index contributed by atoms with van der Waals surface area (Å²) in [6.07, 6.45) is 89.2. The molecule has 0 saturated heterocycles. The van der Waals surface area contributed by atoms with Crippen LogP contribution in [-0.2, 0) is 0 Å². The molecule has 1 aliphatic rings. The predicted octanol–water partition coefficient (Wildman–Crippen LogP) is 35.4. The fourth-order valence-corrected chi connectivity index (χ4v) is 17.4. The number of esters is 2. The van der Waals surface area contributed by atoms with Gasteiger partial charge in [0.25, 0.3) is 0 Å². The van der Waals surface area contributed by atoms with Gasteiger partial charge in [0, 0.05) is 22.3 Å². The van der Waals surface area contributed by atoms with Gasteiger partial charge in [0.2, 0.25) is 11.5 Å². The molecular formula is C112H184O12. The Hall–Kier alpha value is -6.04. The Labute approximate surface area is 759 Å². The molecule has 0 spiro atoms. The number of rotatable bonds is 88. The Morgan fingerprint density at radius 3 is 0.532 bits per heavy atom. The molecule has 0 bridgehead atoms. The summed E-state index contributed by atoms with van der Waals surface area (Å²) in [5.74, 6) is 0.922. The van der Waals surface area contributed by atoms with E-state index < -0.39 is 23.5 Å². The van der Waals surface area contributed by atoms with Gasteiger partial charge in [0.1, 0.15) is 11.5 Å². The van der Waals surface area contributed by atoms with Crippen LogP contribution >= 0.6 is 0 Å². The first-order valence-corrected chi connectivity index (χ1v) is 53.1. The molecule has 1 aliphatic carbocycles. The maximum absolute atomic E-state index is 14.7. The van der Waals surface area contributed by atoms with Crippen molar-refractivity contribution < 1.29 is 57.1 Å². The Balaban J connectivity index is 1.35. The molecule has 0 heterocycles. The van der Waals surface area contributed by atoms with E-state index in [9.17, 15) is 19.2 Å². The quantitative estimate of drug-likeness (QED) is 0.0208.